The van der Waals surface area contributed by atoms with Crippen molar-refractivity contribution in [2.45, 2.75) is 19.9 Å². The molecule has 2 heterocycles. The number of carbonyl (C=O) groups is 2. The molecule has 0 bridgehead atoms. The van der Waals surface area contributed by atoms with Crippen LogP contribution in [0.15, 0.2) is 12.4 Å². The highest BCUT2D eigenvalue weighted by atomic mass is 16.4. The molecule has 1 atom stereocenters. The molecule has 1 aliphatic rings. The van der Waals surface area contributed by atoms with E-state index in [0.29, 0.717) is 12.2 Å². The zero-order valence-electron chi connectivity index (χ0n) is 9.46. The first-order valence-corrected chi connectivity index (χ1v) is 5.34. The van der Waals surface area contributed by atoms with Crippen molar-refractivity contribution in [3.63, 3.8) is 0 Å². The molecule has 1 saturated heterocycles. The Morgan fingerprint density at radius 3 is 2.82 bits per heavy atom. The van der Waals surface area contributed by atoms with E-state index in [2.05, 4.69) is 9.97 Å². The number of carbonyl (C=O) groups excluding carboxylic acids is 1. The minimum absolute atomic E-state index is 0.0780. The lowest BCUT2D eigenvalue weighted by molar-refractivity contribution is -0.141. The molecule has 0 aliphatic carbocycles. The molecule has 1 aromatic rings. The Labute approximate surface area is 98.3 Å². The molecule has 0 spiro atoms. The monoisotopic (exact) mass is 235 g/mol. The highest BCUT2D eigenvalue weighted by Crippen LogP contribution is 2.19. The van der Waals surface area contributed by atoms with Crippen LogP contribution in [0.1, 0.15) is 17.8 Å². The summed E-state index contributed by atoms with van der Waals surface area (Å²) in [5.74, 6) is -1.66. The van der Waals surface area contributed by atoms with Crippen molar-refractivity contribution < 1.29 is 14.7 Å². The van der Waals surface area contributed by atoms with Gasteiger partial charge in [-0.3, -0.25) is 19.6 Å². The van der Waals surface area contributed by atoms with Gasteiger partial charge in [-0.2, -0.15) is 0 Å². The van der Waals surface area contributed by atoms with E-state index in [1.165, 1.54) is 4.90 Å². The molecule has 1 amide bonds. The fourth-order valence-electron chi connectivity index (χ4n) is 1.79. The number of aryl methyl sites for hydroxylation is 1. The van der Waals surface area contributed by atoms with Gasteiger partial charge in [0.2, 0.25) is 5.91 Å². The van der Waals surface area contributed by atoms with Crippen LogP contribution in [-0.4, -0.2) is 38.4 Å². The summed E-state index contributed by atoms with van der Waals surface area (Å²) in [6.07, 6.45) is 3.32. The van der Waals surface area contributed by atoms with Gasteiger partial charge < -0.3 is 10.0 Å². The maximum atomic E-state index is 11.6. The minimum Gasteiger partial charge on any atom is -0.481 e. The average molecular weight is 235 g/mol. The summed E-state index contributed by atoms with van der Waals surface area (Å²) in [4.78, 5) is 32.1. The Kier molecular flexibility index (Phi) is 3.03. The van der Waals surface area contributed by atoms with Crippen LogP contribution in [0.2, 0.25) is 0 Å². The Morgan fingerprint density at radius 2 is 2.29 bits per heavy atom. The Bertz CT molecular complexity index is 444. The highest BCUT2D eigenvalue weighted by molar-refractivity contribution is 5.85. The maximum absolute atomic E-state index is 11.6. The molecule has 0 aromatic carbocycles. The molecular weight excluding hydrogens is 222 g/mol. The lowest BCUT2D eigenvalue weighted by Gasteiger charge is -2.14. The molecule has 2 rings (SSSR count). The number of amides is 1. The molecule has 17 heavy (non-hydrogen) atoms. The Balaban J connectivity index is 2.02. The standard InChI is InChI=1S/C11H13N3O3/c1-7-3-13-9(4-12-7)6-14-5-8(11(16)17)2-10(14)15/h3-4,8H,2,5-6H2,1H3,(H,16,17)/t8-/m0/s1. The summed E-state index contributed by atoms with van der Waals surface area (Å²) >= 11 is 0. The first-order valence-electron chi connectivity index (χ1n) is 5.34. The molecule has 0 saturated carbocycles. The SMILES string of the molecule is Cc1cnc(CN2C[C@@H](C(=O)O)CC2=O)cn1. The molecule has 1 fully saturated rings. The van der Waals surface area contributed by atoms with E-state index in [4.69, 9.17) is 5.11 Å². The van der Waals surface area contributed by atoms with Crippen molar-refractivity contribution in [1.29, 1.82) is 0 Å². The van der Waals surface area contributed by atoms with Gasteiger partial charge >= 0.3 is 5.97 Å². The van der Waals surface area contributed by atoms with Gasteiger partial charge in [0.25, 0.3) is 0 Å². The van der Waals surface area contributed by atoms with E-state index in [9.17, 15) is 9.59 Å². The van der Waals surface area contributed by atoms with Crippen molar-refractivity contribution >= 4 is 11.9 Å². The van der Waals surface area contributed by atoms with E-state index in [1.54, 1.807) is 12.4 Å². The molecule has 0 radical (unpaired) electrons. The summed E-state index contributed by atoms with van der Waals surface area (Å²) in [6.45, 7) is 2.41. The third kappa shape index (κ3) is 2.58. The van der Waals surface area contributed by atoms with Crippen LogP contribution in [-0.2, 0) is 16.1 Å². The van der Waals surface area contributed by atoms with Gasteiger partial charge in [-0.1, -0.05) is 0 Å². The fourth-order valence-corrected chi connectivity index (χ4v) is 1.79. The van der Waals surface area contributed by atoms with Crippen molar-refractivity contribution in [3.8, 4) is 0 Å². The summed E-state index contributed by atoms with van der Waals surface area (Å²) in [6, 6.07) is 0. The first-order chi connectivity index (χ1) is 8.06. The van der Waals surface area contributed by atoms with Crippen molar-refractivity contribution in [3.05, 3.63) is 23.8 Å². The van der Waals surface area contributed by atoms with Crippen LogP contribution in [0.4, 0.5) is 0 Å². The molecule has 90 valence electrons. The summed E-state index contributed by atoms with van der Waals surface area (Å²) < 4.78 is 0. The fraction of sp³-hybridized carbons (Fsp3) is 0.455. The molecule has 6 heteroatoms. The van der Waals surface area contributed by atoms with E-state index >= 15 is 0 Å². The van der Waals surface area contributed by atoms with Crippen molar-refractivity contribution in [2.75, 3.05) is 6.54 Å². The average Bonchev–Trinajstić information content (AvgIpc) is 2.64. The number of aromatic nitrogens is 2. The van der Waals surface area contributed by atoms with Crippen LogP contribution in [0.25, 0.3) is 0 Å². The maximum Gasteiger partial charge on any atom is 0.308 e. The smallest absolute Gasteiger partial charge is 0.308 e. The van der Waals surface area contributed by atoms with Gasteiger partial charge in [-0.15, -0.1) is 0 Å². The van der Waals surface area contributed by atoms with E-state index in [1.807, 2.05) is 6.92 Å². The number of nitrogens with zero attached hydrogens (tertiary/aromatic N) is 3. The predicted molar refractivity (Wildman–Crippen MR) is 57.9 cm³/mol. The molecule has 1 aliphatic heterocycles. The molecular formula is C11H13N3O3. The summed E-state index contributed by atoms with van der Waals surface area (Å²) in [5.41, 5.74) is 1.49. The van der Waals surface area contributed by atoms with Crippen LogP contribution in [0.3, 0.4) is 0 Å². The van der Waals surface area contributed by atoms with Crippen LogP contribution in [0, 0.1) is 12.8 Å². The largest absolute Gasteiger partial charge is 0.481 e. The third-order valence-corrected chi connectivity index (χ3v) is 2.75. The zero-order valence-corrected chi connectivity index (χ0v) is 9.46. The van der Waals surface area contributed by atoms with Gasteiger partial charge in [0, 0.05) is 19.2 Å². The first kappa shape index (κ1) is 11.5. The van der Waals surface area contributed by atoms with Gasteiger partial charge in [-0.05, 0) is 6.92 Å². The van der Waals surface area contributed by atoms with E-state index in [0.717, 1.165) is 5.69 Å². The number of hydrogen-bond donors (Lipinski definition) is 1. The van der Waals surface area contributed by atoms with Gasteiger partial charge in [-0.25, -0.2) is 0 Å². The van der Waals surface area contributed by atoms with Crippen LogP contribution < -0.4 is 0 Å². The highest BCUT2D eigenvalue weighted by Gasteiger charge is 2.34. The van der Waals surface area contributed by atoms with Crippen molar-refractivity contribution in [2.24, 2.45) is 5.92 Å². The number of likely N-dealkylation sites (tertiary alicyclic amines) is 1. The number of rotatable bonds is 3. The van der Waals surface area contributed by atoms with Crippen molar-refractivity contribution in [1.82, 2.24) is 14.9 Å². The Hall–Kier alpha value is -1.98. The number of aliphatic carboxylic acids is 1. The van der Waals surface area contributed by atoms with Crippen LogP contribution >= 0.6 is 0 Å². The Morgan fingerprint density at radius 1 is 1.53 bits per heavy atom. The molecule has 0 unspecified atom stereocenters. The second-order valence-corrected chi connectivity index (χ2v) is 4.16. The summed E-state index contributed by atoms with van der Waals surface area (Å²) in [7, 11) is 0. The number of carboxylic acid groups (broad SMARTS) is 1. The second-order valence-electron chi connectivity index (χ2n) is 4.16. The summed E-state index contributed by atoms with van der Waals surface area (Å²) in [5, 5.41) is 8.84. The molecule has 6 nitrogen and oxygen atoms in total. The van der Waals surface area contributed by atoms with E-state index < -0.39 is 11.9 Å². The lowest BCUT2D eigenvalue weighted by Crippen LogP contribution is -2.26. The third-order valence-electron chi connectivity index (χ3n) is 2.75. The predicted octanol–water partition coefficient (Wildman–Crippen LogP) is 0.218. The topological polar surface area (TPSA) is 83.4 Å². The van der Waals surface area contributed by atoms with Crippen LogP contribution in [0.5, 0.6) is 0 Å². The van der Waals surface area contributed by atoms with E-state index in [-0.39, 0.29) is 18.9 Å². The second kappa shape index (κ2) is 4.48. The lowest BCUT2D eigenvalue weighted by atomic mass is 10.1. The van der Waals surface area contributed by atoms with Gasteiger partial charge in [0.1, 0.15) is 0 Å². The normalized spacial score (nSPS) is 19.7. The van der Waals surface area contributed by atoms with Gasteiger partial charge in [0.05, 0.1) is 30.0 Å². The van der Waals surface area contributed by atoms with Gasteiger partial charge in [0.15, 0.2) is 0 Å². The number of carboxylic acids is 1. The quantitative estimate of drug-likeness (QED) is 0.810. The number of hydrogen-bond acceptors (Lipinski definition) is 4. The molecule has 1 aromatic heterocycles. The zero-order chi connectivity index (χ0) is 12.4. The molecule has 1 N–H and O–H groups in total. The minimum atomic E-state index is -0.921.